The van der Waals surface area contributed by atoms with Crippen LogP contribution >= 0.6 is 0 Å². The topological polar surface area (TPSA) is 122 Å². The summed E-state index contributed by atoms with van der Waals surface area (Å²) in [6.07, 6.45) is 4.74. The molecule has 170 valence electrons. The molecule has 0 fully saturated rings. The van der Waals surface area contributed by atoms with Crippen molar-refractivity contribution >= 4 is 23.7 Å². The summed E-state index contributed by atoms with van der Waals surface area (Å²) in [6.45, 7) is 5.08. The molecule has 2 aromatic carbocycles. The smallest absolute Gasteiger partial charge is 0.252 e. The molecule has 0 aromatic heterocycles. The van der Waals surface area contributed by atoms with Crippen molar-refractivity contribution in [3.05, 3.63) is 76.9 Å². The van der Waals surface area contributed by atoms with E-state index in [4.69, 9.17) is 5.84 Å². The average Bonchev–Trinajstić information content (AvgIpc) is 2.80. The Bertz CT molecular complexity index is 988. The van der Waals surface area contributed by atoms with Gasteiger partial charge in [-0.1, -0.05) is 79.6 Å². The number of hydroxylamine groups is 1. The van der Waals surface area contributed by atoms with Gasteiger partial charge < -0.3 is 0 Å². The van der Waals surface area contributed by atoms with E-state index in [-0.39, 0.29) is 18.6 Å². The van der Waals surface area contributed by atoms with Crippen LogP contribution in [0.3, 0.4) is 0 Å². The first-order chi connectivity index (χ1) is 15.3. The fraction of sp³-hybridized carbons (Fsp3) is 0.320. The average molecular weight is 438 g/mol. The Labute approximate surface area is 188 Å². The number of carbonyl (C=O) groups excluding carboxylic acids is 3. The van der Waals surface area contributed by atoms with Crippen molar-refractivity contribution in [1.29, 1.82) is 0 Å². The van der Waals surface area contributed by atoms with Crippen molar-refractivity contribution in [1.82, 2.24) is 10.9 Å². The normalized spacial score (nSPS) is 13.9. The van der Waals surface area contributed by atoms with Crippen LogP contribution in [0.4, 0.5) is 0 Å². The van der Waals surface area contributed by atoms with E-state index in [1.807, 2.05) is 56.3 Å². The first-order valence-corrected chi connectivity index (χ1v) is 10.6. The molecule has 5 N–H and O–H groups in total. The Hall–Kier alpha value is -3.29. The number of rotatable bonds is 10. The van der Waals surface area contributed by atoms with Gasteiger partial charge in [-0.25, -0.2) is 11.3 Å². The Balaban J connectivity index is 2.65. The maximum absolute atomic E-state index is 12.9. The van der Waals surface area contributed by atoms with Crippen molar-refractivity contribution in [2.45, 2.75) is 51.4 Å². The van der Waals surface area contributed by atoms with Crippen molar-refractivity contribution in [2.24, 2.45) is 5.84 Å². The molecule has 0 bridgehead atoms. The minimum absolute atomic E-state index is 0.231. The zero-order chi connectivity index (χ0) is 23.7. The standard InChI is InChI=1S/C25H31N3O4/c1-4-15-25(18(3)29,24(31)27-26)22-14-13-17(2)16-21(22)20(23(30)28-32)12-8-11-19-9-6-5-7-10-19/h5-11,13-14,16,20,32H,4,12,15,26H2,1-3H3,(H,27,31)(H,28,30)/b11-8+/t20-,25-/m0/s1. The van der Waals surface area contributed by atoms with Crippen LogP contribution in [0.15, 0.2) is 54.6 Å². The van der Waals surface area contributed by atoms with Crippen LogP contribution in [0.25, 0.3) is 6.08 Å². The van der Waals surface area contributed by atoms with Crippen molar-refractivity contribution in [2.75, 3.05) is 0 Å². The summed E-state index contributed by atoms with van der Waals surface area (Å²) < 4.78 is 0. The van der Waals surface area contributed by atoms with Gasteiger partial charge in [0.2, 0.25) is 0 Å². The van der Waals surface area contributed by atoms with Gasteiger partial charge in [-0.2, -0.15) is 0 Å². The summed E-state index contributed by atoms with van der Waals surface area (Å²) in [5.41, 5.74) is 5.07. The molecule has 0 spiro atoms. The Morgan fingerprint density at radius 2 is 1.84 bits per heavy atom. The molecule has 7 heteroatoms. The molecule has 2 amide bonds. The highest BCUT2D eigenvalue weighted by molar-refractivity contribution is 6.11. The molecule has 0 unspecified atom stereocenters. The number of benzene rings is 2. The minimum Gasteiger partial charge on any atom is -0.298 e. The SMILES string of the molecule is CCC[C@@](C(C)=O)(C(=O)NN)c1ccc(C)cc1[C@H](C/C=C/c1ccccc1)C(=O)NO. The molecule has 0 saturated carbocycles. The van der Waals surface area contributed by atoms with Gasteiger partial charge >= 0.3 is 0 Å². The summed E-state index contributed by atoms with van der Waals surface area (Å²) in [5.74, 6) is 3.03. The number of nitrogens with one attached hydrogen (secondary N) is 2. The first kappa shape index (κ1) is 25.0. The van der Waals surface area contributed by atoms with Crippen LogP contribution in [0.2, 0.25) is 0 Å². The largest absolute Gasteiger partial charge is 0.298 e. The molecule has 2 aromatic rings. The van der Waals surface area contributed by atoms with Crippen LogP contribution in [0, 0.1) is 6.92 Å². The molecule has 0 aliphatic rings. The van der Waals surface area contributed by atoms with Gasteiger partial charge in [0.05, 0.1) is 5.92 Å². The fourth-order valence-electron chi connectivity index (χ4n) is 4.11. The summed E-state index contributed by atoms with van der Waals surface area (Å²) >= 11 is 0. The molecule has 0 aliphatic carbocycles. The summed E-state index contributed by atoms with van der Waals surface area (Å²) in [7, 11) is 0. The highest BCUT2D eigenvalue weighted by Gasteiger charge is 2.46. The van der Waals surface area contributed by atoms with Gasteiger partial charge in [-0.05, 0) is 43.4 Å². The predicted octanol–water partition coefficient (Wildman–Crippen LogP) is 3.30. The second-order valence-electron chi connectivity index (χ2n) is 7.85. The van der Waals surface area contributed by atoms with Crippen molar-refractivity contribution < 1.29 is 19.6 Å². The number of ketones is 1. The third kappa shape index (κ3) is 5.30. The highest BCUT2D eigenvalue weighted by Crippen LogP contribution is 2.38. The van der Waals surface area contributed by atoms with E-state index in [9.17, 15) is 19.6 Å². The zero-order valence-corrected chi connectivity index (χ0v) is 18.7. The maximum atomic E-state index is 12.9. The lowest BCUT2D eigenvalue weighted by Gasteiger charge is -2.33. The number of allylic oxidation sites excluding steroid dienone is 1. The number of hydrazine groups is 1. The molecular weight excluding hydrogens is 406 g/mol. The molecule has 0 radical (unpaired) electrons. The fourth-order valence-corrected chi connectivity index (χ4v) is 4.11. The third-order valence-electron chi connectivity index (χ3n) is 5.70. The number of amides is 2. The first-order valence-electron chi connectivity index (χ1n) is 10.6. The van der Waals surface area contributed by atoms with E-state index in [1.54, 1.807) is 23.7 Å². The molecular formula is C25H31N3O4. The second kappa shape index (κ2) is 11.4. The van der Waals surface area contributed by atoms with E-state index in [2.05, 4.69) is 5.43 Å². The minimum atomic E-state index is -1.54. The molecule has 32 heavy (non-hydrogen) atoms. The number of hydrogen-bond acceptors (Lipinski definition) is 5. The van der Waals surface area contributed by atoms with Gasteiger partial charge in [0, 0.05) is 0 Å². The molecule has 2 atom stereocenters. The molecule has 0 saturated heterocycles. The van der Waals surface area contributed by atoms with Crippen molar-refractivity contribution in [3.8, 4) is 0 Å². The number of carbonyl (C=O) groups is 3. The summed E-state index contributed by atoms with van der Waals surface area (Å²) in [6, 6.07) is 14.9. The van der Waals surface area contributed by atoms with E-state index in [0.717, 1.165) is 11.1 Å². The zero-order valence-electron chi connectivity index (χ0n) is 18.7. The summed E-state index contributed by atoms with van der Waals surface area (Å²) in [5, 5.41) is 9.42. The van der Waals surface area contributed by atoms with Crippen LogP contribution < -0.4 is 16.7 Å². The predicted molar refractivity (Wildman–Crippen MR) is 124 cm³/mol. The number of hydrogen-bond donors (Lipinski definition) is 4. The lowest BCUT2D eigenvalue weighted by atomic mass is 9.69. The van der Waals surface area contributed by atoms with Crippen LogP contribution in [-0.4, -0.2) is 22.8 Å². The second-order valence-corrected chi connectivity index (χ2v) is 7.85. The van der Waals surface area contributed by atoms with E-state index in [1.165, 1.54) is 6.92 Å². The van der Waals surface area contributed by atoms with E-state index < -0.39 is 23.1 Å². The Kier molecular flexibility index (Phi) is 8.87. The van der Waals surface area contributed by atoms with Crippen LogP contribution in [-0.2, 0) is 19.8 Å². The quantitative estimate of drug-likeness (QED) is 0.149. The molecule has 2 rings (SSSR count). The van der Waals surface area contributed by atoms with E-state index >= 15 is 0 Å². The van der Waals surface area contributed by atoms with Gasteiger partial charge in [-0.3, -0.25) is 25.0 Å². The van der Waals surface area contributed by atoms with Crippen LogP contribution in [0.5, 0.6) is 0 Å². The van der Waals surface area contributed by atoms with Gasteiger partial charge in [0.25, 0.3) is 11.8 Å². The molecule has 0 heterocycles. The maximum Gasteiger partial charge on any atom is 0.252 e. The van der Waals surface area contributed by atoms with E-state index in [0.29, 0.717) is 17.5 Å². The lowest BCUT2D eigenvalue weighted by molar-refractivity contribution is -0.136. The number of nitrogens with two attached hydrogens (primary N) is 1. The highest BCUT2D eigenvalue weighted by atomic mass is 16.5. The number of Topliss-reactive ketones (excluding diaryl/α,β-unsaturated/α-hetero) is 1. The number of aryl methyl sites for hydroxylation is 1. The Morgan fingerprint density at radius 1 is 1.16 bits per heavy atom. The molecule has 7 nitrogen and oxygen atoms in total. The molecule has 0 aliphatic heterocycles. The van der Waals surface area contributed by atoms with Crippen LogP contribution in [0.1, 0.15) is 61.3 Å². The summed E-state index contributed by atoms with van der Waals surface area (Å²) in [4.78, 5) is 38.5. The lowest BCUT2D eigenvalue weighted by Crippen LogP contribution is -2.52. The monoisotopic (exact) mass is 437 g/mol. The van der Waals surface area contributed by atoms with Crippen molar-refractivity contribution in [3.63, 3.8) is 0 Å². The Morgan fingerprint density at radius 3 is 2.41 bits per heavy atom. The van der Waals surface area contributed by atoms with Gasteiger partial charge in [0.1, 0.15) is 11.2 Å². The van der Waals surface area contributed by atoms with Gasteiger partial charge in [0.15, 0.2) is 0 Å². The van der Waals surface area contributed by atoms with Gasteiger partial charge in [-0.15, -0.1) is 0 Å². The third-order valence-corrected chi connectivity index (χ3v) is 5.70.